The molecule has 0 aromatic carbocycles. The number of carbonyl (C=O) groups excluding carboxylic acids is 2. The number of hydrogen-bond acceptors (Lipinski definition) is 47. The second-order valence-corrected chi connectivity index (χ2v) is 39.0. The standard InChI is InChI=1S/C95H165N5O47.3Na/c1-7-9-11-13-15-17-19-21-22-24-26-28-30-32-34-36-64(118)100-52(53(112)35-33-31-29-27-25-23-20-18-16-14-12-10-8-2)47-134-87-75(125)74(124)78(62(45-106)137-87)139-89-77(127)85(147-95(92(132)133)39-56(115)67(98-50(5)110)83(145-95)73(123)61(44-105)142-93(90(128)129)37-54(113)65(96-48(3)108)81(143-93)69(119)57(116)40-101)79(63(46-107)138-89)140-86-68(99-51(6)111)80(71(121)59(42-103)135-86)141-88-76(126)84(72(122)60(43-104)136-88)146-94(91(130)131)38-55(114)66(97-49(4)109)82(144-94)70(120)58(117)41-102;;;/h33,35,52-63,65-89,101-107,112-117,119-127H,7-32,34,36-47H2,1-6H3,(H,96,108)(H,97,109)(H,98,110)(H,99,111)(H,100,118)(H,128,129)(H,130,131)(H,132,133);;;/q;3*+1/p-3/b35-33+;;;/t52-,53+,54?,55?,56?,57+,58+,59-,60?,61-,62-,63?,65+,66+,67+,68?,69-,70-,71-,72+,73-,74?,75?,76?,77?,78+,79-,80?,81?,82?,83?,84-,85+,86+,87+,88-,89-,93+,94-,95-;;;/m0.../s1. The molecule has 55 heteroatoms. The van der Waals surface area contributed by atoms with Gasteiger partial charge in [-0.25, -0.2) is 14.4 Å². The topological polar surface area (TPSA) is 851 Å². The number of aliphatic hydroxyl groups is 22. The predicted molar refractivity (Wildman–Crippen MR) is 499 cm³/mol. The minimum absolute atomic E-state index is 0. The van der Waals surface area contributed by atoms with E-state index < -0.39 is 363 Å². The number of nitrogens with one attached hydrogen (secondary N) is 2. The van der Waals surface area contributed by atoms with Gasteiger partial charge in [0.25, 0.3) is 17.4 Å². The molecule has 52 nitrogen and oxygen atoms in total. The molecule has 852 valence electrons. The predicted octanol–water partition coefficient (Wildman–Crippen LogP) is -16.8. The Labute approximate surface area is 937 Å². The second-order valence-electron chi connectivity index (χ2n) is 39.0. The van der Waals surface area contributed by atoms with Crippen LogP contribution < -0.4 is 115 Å². The summed E-state index contributed by atoms with van der Waals surface area (Å²) in [5.74, 6) is -22.7. The van der Waals surface area contributed by atoms with Crippen LogP contribution in [-0.2, 0) is 90.3 Å². The Kier molecular flexibility index (Phi) is 64.7. The van der Waals surface area contributed by atoms with E-state index in [2.05, 4.69) is 39.5 Å². The van der Waals surface area contributed by atoms with Gasteiger partial charge in [0.2, 0.25) is 11.8 Å². The number of hydrogen-bond donors (Lipinski definition) is 27. The molecule has 7 saturated heterocycles. The minimum Gasteiger partial charge on any atom is -0.862 e. The van der Waals surface area contributed by atoms with Crippen LogP contribution in [0.4, 0.5) is 0 Å². The van der Waals surface area contributed by atoms with E-state index in [1.165, 1.54) is 83.1 Å². The third kappa shape index (κ3) is 39.8. The van der Waals surface area contributed by atoms with E-state index in [-0.39, 0.29) is 95.1 Å². The maximum atomic E-state index is 14.6. The normalized spacial score (nSPS) is 35.3. The van der Waals surface area contributed by atoms with Gasteiger partial charge < -0.3 is 220 Å². The number of unbranched alkanes of at least 4 members (excludes halogenated alkanes) is 25. The number of ether oxygens (including phenoxy) is 14. The average molecular weight is 2200 g/mol. The molecule has 0 saturated carbocycles. The number of nitrogens with zero attached hydrogens (tertiary/aromatic N) is 3. The zero-order valence-electron chi connectivity index (χ0n) is 87.1. The first-order valence-electron chi connectivity index (χ1n) is 51.2. The van der Waals surface area contributed by atoms with Crippen LogP contribution in [0.25, 0.3) is 0 Å². The molecule has 0 aromatic heterocycles. The molecule has 0 aromatic rings. The van der Waals surface area contributed by atoms with Crippen LogP contribution >= 0.6 is 0 Å². The molecule has 0 radical (unpaired) electrons. The summed E-state index contributed by atoms with van der Waals surface area (Å²) in [4.78, 5) is 80.3. The van der Waals surface area contributed by atoms with Gasteiger partial charge in [-0.05, 0) is 57.7 Å². The molecule has 27 N–H and O–H groups in total. The van der Waals surface area contributed by atoms with Gasteiger partial charge in [0.15, 0.2) is 25.2 Å². The monoisotopic (exact) mass is 2190 g/mol. The van der Waals surface area contributed by atoms with Gasteiger partial charge in [0.05, 0.1) is 83.3 Å². The molecule has 0 aliphatic carbocycles. The first-order chi connectivity index (χ1) is 69.9. The van der Waals surface area contributed by atoms with Crippen molar-refractivity contribution in [2.24, 2.45) is 15.0 Å². The fourth-order valence-corrected chi connectivity index (χ4v) is 19.3. The van der Waals surface area contributed by atoms with E-state index >= 15 is 0 Å². The zero-order chi connectivity index (χ0) is 109. The maximum absolute atomic E-state index is 14.6. The number of rotatable bonds is 66. The second kappa shape index (κ2) is 69.7. The van der Waals surface area contributed by atoms with Crippen LogP contribution in [0.15, 0.2) is 27.1 Å². The molecule has 0 spiro atoms. The van der Waals surface area contributed by atoms with E-state index in [1.807, 2.05) is 0 Å². The van der Waals surface area contributed by atoms with Crippen molar-refractivity contribution in [1.29, 1.82) is 0 Å². The smallest absolute Gasteiger partial charge is 0.862 e. The van der Waals surface area contributed by atoms with Crippen LogP contribution in [0, 0.1) is 0 Å². The number of allylic oxidation sites excluding steroid dienone is 1. The van der Waals surface area contributed by atoms with Crippen molar-refractivity contribution in [2.75, 3.05) is 52.9 Å². The van der Waals surface area contributed by atoms with Gasteiger partial charge in [-0.2, -0.15) is 0 Å². The van der Waals surface area contributed by atoms with E-state index in [9.17, 15) is 167 Å². The van der Waals surface area contributed by atoms with Gasteiger partial charge in [-0.1, -0.05) is 180 Å². The quantitative estimate of drug-likeness (QED) is 0.00884. The first kappa shape index (κ1) is 139. The van der Waals surface area contributed by atoms with Crippen molar-refractivity contribution in [2.45, 2.75) is 484 Å². The molecule has 150 heavy (non-hydrogen) atoms. The van der Waals surface area contributed by atoms with Crippen LogP contribution in [0.3, 0.4) is 0 Å². The molecule has 2 amide bonds. The minimum atomic E-state index is -3.84. The van der Waals surface area contributed by atoms with Gasteiger partial charge in [-0.15, -0.1) is 0 Å². The molecule has 7 rings (SSSR count). The van der Waals surface area contributed by atoms with Crippen LogP contribution in [0.5, 0.6) is 0 Å². The molecule has 0 bridgehead atoms. The van der Waals surface area contributed by atoms with Crippen molar-refractivity contribution >= 4 is 47.4 Å². The molecule has 7 aliphatic heterocycles. The van der Waals surface area contributed by atoms with Gasteiger partial charge in [-0.3, -0.25) is 24.6 Å². The summed E-state index contributed by atoms with van der Waals surface area (Å²) in [6.07, 6.45) is -49.0. The van der Waals surface area contributed by atoms with Crippen molar-refractivity contribution in [3.05, 3.63) is 12.2 Å². The van der Waals surface area contributed by atoms with Gasteiger partial charge in [0.1, 0.15) is 171 Å². The summed E-state index contributed by atoms with van der Waals surface area (Å²) in [5, 5.41) is 329. The zero-order valence-corrected chi connectivity index (χ0v) is 93.1. The summed E-state index contributed by atoms with van der Waals surface area (Å²) in [7, 11) is 0. The van der Waals surface area contributed by atoms with Crippen LogP contribution in [-0.4, -0.2) is 472 Å². The number of aliphatic carboxylic acids is 3. The molecule has 14 unspecified atom stereocenters. The molecule has 40 atom stereocenters. The summed E-state index contributed by atoms with van der Waals surface area (Å²) in [6, 6.07) is -9.78. The van der Waals surface area contributed by atoms with Crippen molar-refractivity contribution < 1.29 is 322 Å². The average Bonchev–Trinajstić information content (AvgIpc) is 0.742. The summed E-state index contributed by atoms with van der Waals surface area (Å²) >= 11 is 0. The number of carboxylic acid groups (broad SMARTS) is 3. The Bertz CT molecular complexity index is 3980. The van der Waals surface area contributed by atoms with Crippen LogP contribution in [0.1, 0.15) is 241 Å². The van der Waals surface area contributed by atoms with Gasteiger partial charge in [0, 0.05) is 32.6 Å². The third-order valence-electron chi connectivity index (χ3n) is 27.4. The molecular weight excluding hydrogens is 2030 g/mol. The summed E-state index contributed by atoms with van der Waals surface area (Å²) in [5.41, 5.74) is 0. The Morgan fingerprint density at radius 1 is 0.407 bits per heavy atom. The Morgan fingerprint density at radius 3 is 1.17 bits per heavy atom. The molecule has 7 aliphatic rings. The fraction of sp³-hybridized carbons (Fsp3) is 0.895. The van der Waals surface area contributed by atoms with Gasteiger partial charge >= 0.3 is 107 Å². The van der Waals surface area contributed by atoms with E-state index in [0.29, 0.717) is 12.8 Å². The maximum Gasteiger partial charge on any atom is 1.00 e. The Balaban J connectivity index is 0.0000156. The van der Waals surface area contributed by atoms with E-state index in [1.54, 1.807) is 6.08 Å². The molecular formula is C95H162N5Na3O47. The Hall–Kier alpha value is -2.94. The van der Waals surface area contributed by atoms with Crippen LogP contribution in [0.2, 0.25) is 0 Å². The number of aliphatic hydroxyl groups excluding tert-OH is 22. The van der Waals surface area contributed by atoms with E-state index in [0.717, 1.165) is 111 Å². The molecule has 7 heterocycles. The van der Waals surface area contributed by atoms with Crippen molar-refractivity contribution in [1.82, 2.24) is 10.6 Å². The van der Waals surface area contributed by atoms with E-state index in [4.69, 9.17) is 66.3 Å². The van der Waals surface area contributed by atoms with Crippen molar-refractivity contribution in [3.8, 4) is 0 Å². The number of carbonyl (C=O) groups is 5. The number of carboxylic acids is 3. The third-order valence-corrected chi connectivity index (χ3v) is 27.4. The van der Waals surface area contributed by atoms with Crippen molar-refractivity contribution in [3.63, 3.8) is 0 Å². The fourth-order valence-electron chi connectivity index (χ4n) is 19.3. The summed E-state index contributed by atoms with van der Waals surface area (Å²) in [6.45, 7) is -2.55. The number of aliphatic imine (C=N–C) groups is 3. The summed E-state index contributed by atoms with van der Waals surface area (Å²) < 4.78 is 84.3. The Morgan fingerprint density at radius 2 is 0.760 bits per heavy atom. The number of amides is 2. The molecule has 7 fully saturated rings. The first-order valence-corrected chi connectivity index (χ1v) is 51.2. The largest absolute Gasteiger partial charge is 1.00 e. The SMILES string of the molecule is CCCCCCCCCCCCC/C=C/[C@@H](O)[C@H](CO[C@@H]1O[C@@H](CO)[C@@H](O[C@@H]2OC(CO)[C@H](O[C@H]3O[C@@H](CO)[C@H](O)C(O[C@@H]4OC(CO)[C@@H](O)[C@H](O[C@]5(C(=O)O)CC(O)[C@@H](N=C(C)[O-])C([C@@H](O)[C@H](O)CO)O5)C4O)C3NC(C)=O)[C@H](O[C@]3(C(=O)O)CC(O)[C@@H](N=C(C)[O-])C([C@@H](O)[C@H](CO)O[C@]4(C(=O)O)CC(O)[C@@H](N=C(C)[O-])C([C@@H](O)[C@H](O)CO)O4)O3)C2O)C(O)C1O)NC(=O)CCCCCCCCCCCCCCCCC.[Na+].[Na+].[Na+].